The van der Waals surface area contributed by atoms with Crippen LogP contribution in [0.1, 0.15) is 11.7 Å². The number of rotatable bonds is 4. The van der Waals surface area contributed by atoms with Crippen molar-refractivity contribution in [1.82, 2.24) is 9.55 Å². The molecule has 1 aromatic heterocycles. The van der Waals surface area contributed by atoms with Crippen LogP contribution >= 0.6 is 7.82 Å². The molecule has 0 aliphatic carbocycles. The van der Waals surface area contributed by atoms with Crippen molar-refractivity contribution in [3.8, 4) is 0 Å². The van der Waals surface area contributed by atoms with Crippen molar-refractivity contribution in [3.63, 3.8) is 0 Å². The Labute approximate surface area is 123 Å². The summed E-state index contributed by atoms with van der Waals surface area (Å²) in [6, 6.07) is 0. The molecule has 5 N–H and O–H groups in total. The second kappa shape index (κ2) is 6.05. The van der Waals surface area contributed by atoms with Crippen LogP contribution in [0.5, 0.6) is 0 Å². The summed E-state index contributed by atoms with van der Waals surface area (Å²) in [7, 11) is -3.58. The van der Waals surface area contributed by atoms with Crippen LogP contribution in [0, 0.1) is 0 Å². The summed E-state index contributed by atoms with van der Waals surface area (Å²) in [6.45, 7) is -0.693. The number of aliphatic hydroxyl groups excluding tert-OH is 2. The van der Waals surface area contributed by atoms with E-state index in [1.165, 1.54) is 7.05 Å². The molecule has 0 amide bonds. The monoisotopic (exact) mass is 338 g/mol. The third kappa shape index (κ3) is 3.36. The van der Waals surface area contributed by atoms with Gasteiger partial charge in [0.05, 0.1) is 12.2 Å². The predicted molar refractivity (Wildman–Crippen MR) is 69.9 cm³/mol. The molecule has 1 saturated heterocycles. The predicted octanol–water partition coefficient (Wildman–Crippen LogP) is -2.66. The van der Waals surface area contributed by atoms with Gasteiger partial charge in [-0.25, -0.2) is 9.36 Å². The van der Waals surface area contributed by atoms with Gasteiger partial charge < -0.3 is 29.3 Å². The van der Waals surface area contributed by atoms with Gasteiger partial charge in [-0.2, -0.15) is 0 Å². The zero-order chi connectivity index (χ0) is 16.7. The Bertz CT molecular complexity index is 707. The largest absolute Gasteiger partial charge is 0.470 e. The average Bonchev–Trinajstić information content (AvgIpc) is 2.69. The lowest BCUT2D eigenvalue weighted by Crippen LogP contribution is -2.36. The Hall–Kier alpha value is -1.33. The van der Waals surface area contributed by atoms with Gasteiger partial charge >= 0.3 is 13.5 Å². The molecule has 0 saturated carbocycles. The number of aromatic nitrogens is 2. The SMILES string of the molecule is Cn1cc([C@@H]2O[C@H](CO)[C@@H](OP(=O)(O)O)[C@H]2O)c(=O)[nH]c1=O. The van der Waals surface area contributed by atoms with Crippen molar-refractivity contribution in [3.05, 3.63) is 32.6 Å². The Morgan fingerprint density at radius 3 is 2.64 bits per heavy atom. The second-order valence-corrected chi connectivity index (χ2v) is 5.98. The maximum absolute atomic E-state index is 11.8. The first-order chi connectivity index (χ1) is 10.1. The van der Waals surface area contributed by atoms with E-state index in [4.69, 9.17) is 14.5 Å². The van der Waals surface area contributed by atoms with Crippen LogP contribution in [0.3, 0.4) is 0 Å². The summed E-state index contributed by atoms with van der Waals surface area (Å²) in [6.07, 6.45) is -4.59. The summed E-state index contributed by atoms with van der Waals surface area (Å²) in [5.74, 6) is 0. The normalized spacial score (nSPS) is 29.0. The number of aromatic amines is 1. The average molecular weight is 338 g/mol. The number of hydrogen-bond donors (Lipinski definition) is 5. The molecule has 0 bridgehead atoms. The van der Waals surface area contributed by atoms with E-state index >= 15 is 0 Å². The maximum atomic E-state index is 11.8. The van der Waals surface area contributed by atoms with Crippen molar-refractivity contribution in [2.45, 2.75) is 24.4 Å². The summed E-state index contributed by atoms with van der Waals surface area (Å²) < 4.78 is 21.6. The van der Waals surface area contributed by atoms with E-state index in [9.17, 15) is 24.4 Å². The minimum Gasteiger partial charge on any atom is -0.394 e. The van der Waals surface area contributed by atoms with Gasteiger partial charge in [-0.1, -0.05) is 0 Å². The minimum absolute atomic E-state index is 0.134. The van der Waals surface area contributed by atoms with Gasteiger partial charge in [-0.05, 0) is 0 Å². The molecular weight excluding hydrogens is 323 g/mol. The molecule has 22 heavy (non-hydrogen) atoms. The van der Waals surface area contributed by atoms with Crippen molar-refractivity contribution < 1.29 is 33.8 Å². The number of H-pyrrole nitrogens is 1. The lowest BCUT2D eigenvalue weighted by molar-refractivity contribution is -0.0229. The Balaban J connectivity index is 2.38. The first-order valence-corrected chi connectivity index (χ1v) is 7.65. The van der Waals surface area contributed by atoms with Gasteiger partial charge in [-0.15, -0.1) is 0 Å². The topological polar surface area (TPSA) is 171 Å². The fourth-order valence-corrected chi connectivity index (χ4v) is 2.80. The number of phosphoric acid groups is 1. The quantitative estimate of drug-likeness (QED) is 0.367. The van der Waals surface area contributed by atoms with Crippen LogP contribution in [-0.4, -0.2) is 54.5 Å². The summed E-state index contributed by atoms with van der Waals surface area (Å²) in [4.78, 5) is 42.8. The molecule has 0 aromatic carbocycles. The Kier molecular flexibility index (Phi) is 4.68. The number of ether oxygens (including phenoxy) is 1. The molecule has 0 spiro atoms. The summed E-state index contributed by atoms with van der Waals surface area (Å²) in [5, 5.41) is 19.3. The summed E-state index contributed by atoms with van der Waals surface area (Å²) >= 11 is 0. The maximum Gasteiger partial charge on any atom is 0.470 e. The fourth-order valence-electron chi connectivity index (χ4n) is 2.22. The molecule has 12 heteroatoms. The van der Waals surface area contributed by atoms with Crippen molar-refractivity contribution in [2.24, 2.45) is 7.05 Å². The third-order valence-electron chi connectivity index (χ3n) is 3.22. The van der Waals surface area contributed by atoms with Crippen LogP contribution in [0.4, 0.5) is 0 Å². The standard InChI is InChI=1S/C10H15N2O9P/c1-12-2-4(9(15)11-10(12)16)7-6(14)8(5(3-13)20-7)21-22(17,18)19/h2,5-8,13-14H,3H2,1H3,(H,11,15,16)(H2,17,18,19)/t5-,6+,7+,8-/m1/s1. The molecule has 2 heterocycles. The van der Waals surface area contributed by atoms with Crippen LogP contribution < -0.4 is 11.2 Å². The highest BCUT2D eigenvalue weighted by Crippen LogP contribution is 2.44. The van der Waals surface area contributed by atoms with Crippen LogP contribution in [0.25, 0.3) is 0 Å². The lowest BCUT2D eigenvalue weighted by Gasteiger charge is -2.19. The number of aryl methyl sites for hydroxylation is 1. The smallest absolute Gasteiger partial charge is 0.394 e. The molecule has 1 aliphatic rings. The number of nitrogens with one attached hydrogen (secondary N) is 1. The van der Waals surface area contributed by atoms with E-state index in [0.29, 0.717) is 0 Å². The number of hydrogen-bond acceptors (Lipinski definition) is 7. The first-order valence-electron chi connectivity index (χ1n) is 6.12. The van der Waals surface area contributed by atoms with Gasteiger partial charge in [-0.3, -0.25) is 14.3 Å². The van der Waals surface area contributed by atoms with Gasteiger partial charge in [0, 0.05) is 13.2 Å². The van der Waals surface area contributed by atoms with Gasteiger partial charge in [0.1, 0.15) is 24.4 Å². The van der Waals surface area contributed by atoms with Crippen molar-refractivity contribution in [2.75, 3.05) is 6.61 Å². The van der Waals surface area contributed by atoms with E-state index in [0.717, 1.165) is 10.8 Å². The van der Waals surface area contributed by atoms with Gasteiger partial charge in [0.2, 0.25) is 0 Å². The minimum atomic E-state index is -4.94. The molecular formula is C10H15N2O9P. The van der Waals surface area contributed by atoms with E-state index in [-0.39, 0.29) is 5.56 Å². The first kappa shape index (κ1) is 17.0. The van der Waals surface area contributed by atoms with Crippen molar-refractivity contribution in [1.29, 1.82) is 0 Å². The number of nitrogens with zero attached hydrogens (tertiary/aromatic N) is 1. The number of phosphoric ester groups is 1. The molecule has 1 fully saturated rings. The molecule has 4 atom stereocenters. The second-order valence-electron chi connectivity index (χ2n) is 4.78. The molecule has 1 aliphatic heterocycles. The van der Waals surface area contributed by atoms with Crippen LogP contribution in [-0.2, 0) is 20.9 Å². The van der Waals surface area contributed by atoms with E-state index in [1.807, 2.05) is 4.98 Å². The van der Waals surface area contributed by atoms with E-state index in [2.05, 4.69) is 4.52 Å². The van der Waals surface area contributed by atoms with Gasteiger partial charge in [0.15, 0.2) is 0 Å². The highest BCUT2D eigenvalue weighted by atomic mass is 31.2. The van der Waals surface area contributed by atoms with Crippen LogP contribution in [0.2, 0.25) is 0 Å². The lowest BCUT2D eigenvalue weighted by atomic mass is 10.0. The van der Waals surface area contributed by atoms with Crippen molar-refractivity contribution >= 4 is 7.82 Å². The third-order valence-corrected chi connectivity index (χ3v) is 3.73. The fraction of sp³-hybridized carbons (Fsp3) is 0.600. The highest BCUT2D eigenvalue weighted by molar-refractivity contribution is 7.46. The van der Waals surface area contributed by atoms with E-state index < -0.39 is 50.1 Å². The summed E-state index contributed by atoms with van der Waals surface area (Å²) in [5.41, 5.74) is -1.63. The zero-order valence-corrected chi connectivity index (χ0v) is 12.2. The molecule has 1 aromatic rings. The Morgan fingerprint density at radius 1 is 1.45 bits per heavy atom. The molecule has 2 rings (SSSR count). The molecule has 0 unspecified atom stereocenters. The highest BCUT2D eigenvalue weighted by Gasteiger charge is 2.48. The molecule has 0 radical (unpaired) electrons. The van der Waals surface area contributed by atoms with Gasteiger partial charge in [0.25, 0.3) is 5.56 Å². The van der Waals surface area contributed by atoms with Crippen LogP contribution in [0.15, 0.2) is 15.8 Å². The molecule has 11 nitrogen and oxygen atoms in total. The Morgan fingerprint density at radius 2 is 2.09 bits per heavy atom. The molecule has 124 valence electrons. The van der Waals surface area contributed by atoms with E-state index in [1.54, 1.807) is 0 Å². The zero-order valence-electron chi connectivity index (χ0n) is 11.3. The number of aliphatic hydroxyl groups is 2.